The van der Waals surface area contributed by atoms with E-state index in [9.17, 15) is 9.59 Å². The fourth-order valence-corrected chi connectivity index (χ4v) is 4.46. The van der Waals surface area contributed by atoms with Crippen molar-refractivity contribution in [3.05, 3.63) is 24.2 Å². The lowest BCUT2D eigenvalue weighted by Gasteiger charge is -2.47. The van der Waals surface area contributed by atoms with Crippen molar-refractivity contribution < 1.29 is 18.7 Å². The fourth-order valence-electron chi connectivity index (χ4n) is 4.46. The zero-order valence-corrected chi connectivity index (χ0v) is 14.6. The molecule has 136 valence electrons. The van der Waals surface area contributed by atoms with Crippen LogP contribution in [-0.4, -0.2) is 60.5 Å². The summed E-state index contributed by atoms with van der Waals surface area (Å²) in [4.78, 5) is 28.7. The molecule has 4 rings (SSSR count). The van der Waals surface area contributed by atoms with Crippen LogP contribution >= 0.6 is 0 Å². The van der Waals surface area contributed by atoms with Crippen molar-refractivity contribution in [1.29, 1.82) is 0 Å². The van der Waals surface area contributed by atoms with Crippen molar-refractivity contribution in [2.75, 3.05) is 32.8 Å². The largest absolute Gasteiger partial charge is 0.472 e. The number of carbonyl (C=O) groups is 2. The van der Waals surface area contributed by atoms with Crippen LogP contribution in [0.5, 0.6) is 0 Å². The monoisotopic (exact) mass is 346 g/mol. The van der Waals surface area contributed by atoms with Gasteiger partial charge in [0.25, 0.3) is 5.91 Å². The number of carbonyl (C=O) groups excluding carboxylic acids is 2. The Hall–Kier alpha value is -1.82. The highest BCUT2D eigenvalue weighted by Crippen LogP contribution is 2.40. The number of nitrogens with zero attached hydrogens (tertiary/aromatic N) is 2. The topological polar surface area (TPSA) is 63.0 Å². The van der Waals surface area contributed by atoms with Gasteiger partial charge in [0.15, 0.2) is 0 Å². The summed E-state index contributed by atoms with van der Waals surface area (Å²) in [5, 5.41) is 0. The highest BCUT2D eigenvalue weighted by Gasteiger charge is 2.42. The van der Waals surface area contributed by atoms with E-state index >= 15 is 0 Å². The Morgan fingerprint density at radius 1 is 1.28 bits per heavy atom. The number of ether oxygens (including phenoxy) is 1. The van der Waals surface area contributed by atoms with Gasteiger partial charge in [-0.25, -0.2) is 0 Å². The Morgan fingerprint density at radius 3 is 2.80 bits per heavy atom. The molecule has 1 aromatic heterocycles. The first-order valence-electron chi connectivity index (χ1n) is 9.36. The van der Waals surface area contributed by atoms with Crippen LogP contribution in [-0.2, 0) is 9.53 Å². The Balaban J connectivity index is 1.36. The normalized spacial score (nSPS) is 26.4. The molecule has 0 radical (unpaired) electrons. The number of hydrogen-bond acceptors (Lipinski definition) is 4. The van der Waals surface area contributed by atoms with Crippen LogP contribution in [0.4, 0.5) is 0 Å². The zero-order chi connectivity index (χ0) is 17.3. The summed E-state index contributed by atoms with van der Waals surface area (Å²) in [6.45, 7) is 3.89. The standard InChI is InChI=1S/C19H26N2O4/c22-17-3-5-19(14-21(17)12-16-2-1-10-25-16)6-8-20(9-7-19)18(23)15-4-11-24-13-15/h4,11,13,16H,1-3,5-10,12,14H2/t16-/m0/s1. The molecule has 0 saturated carbocycles. The Morgan fingerprint density at radius 2 is 2.12 bits per heavy atom. The average molecular weight is 346 g/mol. The molecule has 1 atom stereocenters. The van der Waals surface area contributed by atoms with Crippen molar-refractivity contribution in [2.45, 2.75) is 44.6 Å². The molecule has 25 heavy (non-hydrogen) atoms. The molecule has 6 heteroatoms. The molecule has 0 unspecified atom stereocenters. The lowest BCUT2D eigenvalue weighted by molar-refractivity contribution is -0.141. The molecular weight excluding hydrogens is 320 g/mol. The van der Waals surface area contributed by atoms with E-state index in [2.05, 4.69) is 0 Å². The third-order valence-electron chi connectivity index (χ3n) is 6.08. The summed E-state index contributed by atoms with van der Waals surface area (Å²) in [6, 6.07) is 1.72. The minimum absolute atomic E-state index is 0.0479. The van der Waals surface area contributed by atoms with Crippen LogP contribution in [0.2, 0.25) is 0 Å². The van der Waals surface area contributed by atoms with Crippen LogP contribution in [0.25, 0.3) is 0 Å². The van der Waals surface area contributed by atoms with E-state index in [1.165, 1.54) is 12.5 Å². The van der Waals surface area contributed by atoms with E-state index in [1.54, 1.807) is 6.07 Å². The molecule has 3 saturated heterocycles. The first kappa shape index (κ1) is 16.6. The summed E-state index contributed by atoms with van der Waals surface area (Å²) >= 11 is 0. The highest BCUT2D eigenvalue weighted by molar-refractivity contribution is 5.93. The maximum atomic E-state index is 12.5. The van der Waals surface area contributed by atoms with Gasteiger partial charge in [0.05, 0.1) is 17.9 Å². The maximum absolute atomic E-state index is 12.5. The lowest BCUT2D eigenvalue weighted by Crippen LogP contribution is -2.53. The Labute approximate surface area is 148 Å². The fraction of sp³-hybridized carbons (Fsp3) is 0.684. The van der Waals surface area contributed by atoms with Crippen molar-refractivity contribution in [3.8, 4) is 0 Å². The molecule has 3 aliphatic heterocycles. The van der Waals surface area contributed by atoms with Crippen molar-refractivity contribution in [1.82, 2.24) is 9.80 Å². The van der Waals surface area contributed by atoms with Crippen molar-refractivity contribution in [2.24, 2.45) is 5.41 Å². The van der Waals surface area contributed by atoms with E-state index in [1.807, 2.05) is 9.80 Å². The number of furan rings is 1. The van der Waals surface area contributed by atoms with Gasteiger partial charge in [-0.1, -0.05) is 0 Å². The van der Waals surface area contributed by atoms with Crippen LogP contribution in [0.3, 0.4) is 0 Å². The summed E-state index contributed by atoms with van der Waals surface area (Å²) in [6.07, 6.45) is 8.92. The van der Waals surface area contributed by atoms with Gasteiger partial charge in [-0.2, -0.15) is 0 Å². The first-order valence-corrected chi connectivity index (χ1v) is 9.36. The number of amides is 2. The van der Waals surface area contributed by atoms with Crippen LogP contribution < -0.4 is 0 Å². The molecule has 0 N–H and O–H groups in total. The lowest BCUT2D eigenvalue weighted by atomic mass is 9.72. The third kappa shape index (κ3) is 3.45. The number of piperidine rings is 2. The van der Waals surface area contributed by atoms with E-state index in [0.717, 1.165) is 64.9 Å². The number of likely N-dealkylation sites (tertiary alicyclic amines) is 2. The summed E-state index contributed by atoms with van der Waals surface area (Å²) in [5.74, 6) is 0.310. The Kier molecular flexibility index (Phi) is 4.54. The molecule has 1 spiro atoms. The molecule has 2 amide bonds. The van der Waals surface area contributed by atoms with Crippen molar-refractivity contribution >= 4 is 11.8 Å². The van der Waals surface area contributed by atoms with Gasteiger partial charge >= 0.3 is 0 Å². The smallest absolute Gasteiger partial charge is 0.257 e. The van der Waals surface area contributed by atoms with Crippen molar-refractivity contribution in [3.63, 3.8) is 0 Å². The predicted molar refractivity (Wildman–Crippen MR) is 91.1 cm³/mol. The molecule has 3 fully saturated rings. The molecular formula is C19H26N2O4. The van der Waals surface area contributed by atoms with Gasteiger partial charge in [-0.05, 0) is 43.6 Å². The quantitative estimate of drug-likeness (QED) is 0.842. The van der Waals surface area contributed by atoms with E-state index in [0.29, 0.717) is 12.0 Å². The van der Waals surface area contributed by atoms with Gasteiger partial charge < -0.3 is 19.0 Å². The molecule has 0 aromatic carbocycles. The second kappa shape index (κ2) is 6.83. The molecule has 4 heterocycles. The van der Waals surface area contributed by atoms with Gasteiger partial charge in [-0.15, -0.1) is 0 Å². The minimum Gasteiger partial charge on any atom is -0.472 e. The maximum Gasteiger partial charge on any atom is 0.257 e. The zero-order valence-electron chi connectivity index (χ0n) is 14.6. The number of rotatable bonds is 3. The highest BCUT2D eigenvalue weighted by atomic mass is 16.5. The third-order valence-corrected chi connectivity index (χ3v) is 6.08. The minimum atomic E-state index is 0.0479. The van der Waals surface area contributed by atoms with Crippen LogP contribution in [0.1, 0.15) is 48.9 Å². The van der Waals surface area contributed by atoms with Gasteiger partial charge in [0.1, 0.15) is 6.26 Å². The summed E-state index contributed by atoms with van der Waals surface area (Å²) in [5.41, 5.74) is 0.787. The number of hydrogen-bond donors (Lipinski definition) is 0. The SMILES string of the molecule is O=C1CCC2(CCN(C(=O)c3ccoc3)CC2)CN1C[C@@H]1CCCO1. The van der Waals surface area contributed by atoms with Gasteiger partial charge in [0.2, 0.25) is 5.91 Å². The molecule has 3 aliphatic rings. The Bertz CT molecular complexity index is 613. The van der Waals surface area contributed by atoms with Crippen LogP contribution in [0.15, 0.2) is 23.0 Å². The average Bonchev–Trinajstić information content (AvgIpc) is 3.32. The first-order chi connectivity index (χ1) is 12.2. The summed E-state index contributed by atoms with van der Waals surface area (Å²) < 4.78 is 10.7. The second-order valence-electron chi connectivity index (χ2n) is 7.71. The van der Waals surface area contributed by atoms with Gasteiger partial charge in [0, 0.05) is 39.2 Å². The van der Waals surface area contributed by atoms with E-state index < -0.39 is 0 Å². The molecule has 6 nitrogen and oxygen atoms in total. The van der Waals surface area contributed by atoms with Crippen LogP contribution in [0, 0.1) is 5.41 Å². The van der Waals surface area contributed by atoms with E-state index in [4.69, 9.17) is 9.15 Å². The molecule has 0 aliphatic carbocycles. The molecule has 1 aromatic rings. The predicted octanol–water partition coefficient (Wildman–Crippen LogP) is 2.30. The van der Waals surface area contributed by atoms with E-state index in [-0.39, 0.29) is 23.3 Å². The molecule has 0 bridgehead atoms. The second-order valence-corrected chi connectivity index (χ2v) is 7.71. The van der Waals surface area contributed by atoms with Gasteiger partial charge in [-0.3, -0.25) is 9.59 Å². The summed E-state index contributed by atoms with van der Waals surface area (Å²) in [7, 11) is 0.